The second-order valence-corrected chi connectivity index (χ2v) is 18.6. The Morgan fingerprint density at radius 3 is 1.23 bits per heavy atom. The average Bonchev–Trinajstić information content (AvgIpc) is 3.24. The molecule has 0 saturated carbocycles. The van der Waals surface area contributed by atoms with Crippen LogP contribution in [0.2, 0.25) is 0 Å². The highest BCUT2D eigenvalue weighted by Gasteiger charge is 2.24. The lowest BCUT2D eigenvalue weighted by atomic mass is 10.0. The van der Waals surface area contributed by atoms with Crippen molar-refractivity contribution in [2.24, 2.45) is 0 Å². The van der Waals surface area contributed by atoms with Crippen LogP contribution in [0.5, 0.6) is 0 Å². The van der Waals surface area contributed by atoms with E-state index >= 15 is 0 Å². The van der Waals surface area contributed by atoms with Gasteiger partial charge in [-0.05, 0) is 44.9 Å². The number of hydrogen-bond acceptors (Lipinski definition) is 5. The Labute approximate surface area is 374 Å². The van der Waals surface area contributed by atoms with Crippen LogP contribution in [0.15, 0.2) is 12.2 Å². The van der Waals surface area contributed by atoms with Gasteiger partial charge in [-0.1, -0.05) is 251 Å². The van der Waals surface area contributed by atoms with Crippen molar-refractivity contribution in [3.05, 3.63) is 12.2 Å². The molecule has 6 nitrogen and oxygen atoms in total. The van der Waals surface area contributed by atoms with E-state index in [9.17, 15) is 19.8 Å². The number of ether oxygens (including phenoxy) is 1. The summed E-state index contributed by atoms with van der Waals surface area (Å²) in [4.78, 5) is 26.1. The number of esters is 1. The molecule has 0 heterocycles. The third-order valence-corrected chi connectivity index (χ3v) is 12.6. The maximum atomic E-state index is 13.2. The van der Waals surface area contributed by atoms with Gasteiger partial charge in [0.1, 0.15) is 6.10 Å². The fourth-order valence-electron chi connectivity index (χ4n) is 8.47. The van der Waals surface area contributed by atoms with Crippen LogP contribution in [0, 0.1) is 0 Å². The molecule has 60 heavy (non-hydrogen) atoms. The highest BCUT2D eigenvalue weighted by Crippen LogP contribution is 2.18. The standard InChI is InChI=1S/C54H105NO5/c1-4-7-10-13-16-19-21-23-25-26-27-28-30-32-35-38-41-44-47-54(59)60-50(45-42-39-36-33-18-15-12-9-6-3)48-53(58)55-51(49-56)52(57)46-43-40-37-34-31-29-24-22-20-17-14-11-8-5-2/h15,18,50-52,56-57H,4-14,16-17,19-49H2,1-3H3,(H,55,58)/b18-15-. The monoisotopic (exact) mass is 848 g/mol. The van der Waals surface area contributed by atoms with Crippen LogP contribution < -0.4 is 5.32 Å². The number of nitrogens with one attached hydrogen (secondary N) is 1. The molecule has 356 valence electrons. The smallest absolute Gasteiger partial charge is 0.306 e. The van der Waals surface area contributed by atoms with Crippen LogP contribution in [-0.2, 0) is 14.3 Å². The normalized spacial score (nSPS) is 13.2. The van der Waals surface area contributed by atoms with E-state index in [2.05, 4.69) is 38.2 Å². The summed E-state index contributed by atoms with van der Waals surface area (Å²) < 4.78 is 5.92. The van der Waals surface area contributed by atoms with E-state index in [1.807, 2.05) is 0 Å². The lowest BCUT2D eigenvalue weighted by molar-refractivity contribution is -0.151. The van der Waals surface area contributed by atoms with Crippen LogP contribution in [0.4, 0.5) is 0 Å². The summed E-state index contributed by atoms with van der Waals surface area (Å²) in [6, 6.07) is -0.699. The highest BCUT2D eigenvalue weighted by molar-refractivity contribution is 5.77. The molecule has 0 spiro atoms. The largest absolute Gasteiger partial charge is 0.462 e. The summed E-state index contributed by atoms with van der Waals surface area (Å²) in [5.74, 6) is -0.474. The molecule has 0 aromatic heterocycles. The zero-order valence-corrected chi connectivity index (χ0v) is 40.6. The van der Waals surface area contributed by atoms with Gasteiger partial charge in [0.15, 0.2) is 0 Å². The Kier molecular flexibility index (Phi) is 47.5. The van der Waals surface area contributed by atoms with Gasteiger partial charge in [0.2, 0.25) is 5.91 Å². The molecule has 0 fully saturated rings. The highest BCUT2D eigenvalue weighted by atomic mass is 16.5. The minimum Gasteiger partial charge on any atom is -0.462 e. The van der Waals surface area contributed by atoms with Crippen molar-refractivity contribution in [3.8, 4) is 0 Å². The molecule has 1 amide bonds. The van der Waals surface area contributed by atoms with Gasteiger partial charge in [-0.15, -0.1) is 0 Å². The summed E-state index contributed by atoms with van der Waals surface area (Å²) in [7, 11) is 0. The number of carbonyl (C=O) groups excluding carboxylic acids is 2. The lowest BCUT2D eigenvalue weighted by Gasteiger charge is -2.24. The third-order valence-electron chi connectivity index (χ3n) is 12.6. The second-order valence-electron chi connectivity index (χ2n) is 18.6. The van der Waals surface area contributed by atoms with E-state index < -0.39 is 18.2 Å². The number of aliphatic hydroxyl groups excluding tert-OH is 2. The van der Waals surface area contributed by atoms with Crippen LogP contribution in [0.1, 0.15) is 297 Å². The first kappa shape index (κ1) is 58.6. The van der Waals surface area contributed by atoms with Crippen molar-refractivity contribution in [3.63, 3.8) is 0 Å². The van der Waals surface area contributed by atoms with Gasteiger partial charge in [-0.25, -0.2) is 0 Å². The molecule has 0 saturated heterocycles. The fourth-order valence-corrected chi connectivity index (χ4v) is 8.47. The van der Waals surface area contributed by atoms with Crippen LogP contribution >= 0.6 is 0 Å². The van der Waals surface area contributed by atoms with Crippen molar-refractivity contribution in [2.75, 3.05) is 6.61 Å². The number of rotatable bonds is 49. The maximum absolute atomic E-state index is 13.2. The number of hydrogen-bond donors (Lipinski definition) is 3. The van der Waals surface area contributed by atoms with Gasteiger partial charge < -0.3 is 20.3 Å². The van der Waals surface area contributed by atoms with Crippen LogP contribution in [0.25, 0.3) is 0 Å². The van der Waals surface area contributed by atoms with Gasteiger partial charge in [0.25, 0.3) is 0 Å². The molecule has 0 rings (SSSR count). The molecular formula is C54H105NO5. The number of allylic oxidation sites excluding steroid dienone is 2. The summed E-state index contributed by atoms with van der Waals surface area (Å²) in [5.41, 5.74) is 0. The summed E-state index contributed by atoms with van der Waals surface area (Å²) >= 11 is 0. The molecule has 6 heteroatoms. The maximum Gasteiger partial charge on any atom is 0.306 e. The number of unbranched alkanes of at least 4 members (excludes halogenated alkanes) is 35. The van der Waals surface area contributed by atoms with Crippen LogP contribution in [-0.4, -0.2) is 46.9 Å². The molecule has 3 N–H and O–H groups in total. The van der Waals surface area contributed by atoms with Gasteiger partial charge in [-0.3, -0.25) is 9.59 Å². The fraction of sp³-hybridized carbons (Fsp3) is 0.926. The molecule has 0 aliphatic heterocycles. The molecule has 0 bridgehead atoms. The Morgan fingerprint density at radius 1 is 0.467 bits per heavy atom. The third kappa shape index (κ3) is 43.3. The molecule has 3 unspecified atom stereocenters. The number of amides is 1. The predicted molar refractivity (Wildman–Crippen MR) is 260 cm³/mol. The van der Waals surface area contributed by atoms with Crippen molar-refractivity contribution >= 4 is 11.9 Å². The van der Waals surface area contributed by atoms with Gasteiger partial charge in [0, 0.05) is 6.42 Å². The Morgan fingerprint density at radius 2 is 0.817 bits per heavy atom. The summed E-state index contributed by atoms with van der Waals surface area (Å²) in [5, 5.41) is 23.8. The van der Waals surface area contributed by atoms with E-state index in [0.29, 0.717) is 19.3 Å². The SMILES string of the molecule is CCCC/C=C\CCCCCC(CC(=O)NC(CO)C(O)CCCCCCCCCCCCCCCC)OC(=O)CCCCCCCCCCCCCCCCCCCC. The van der Waals surface area contributed by atoms with E-state index in [-0.39, 0.29) is 24.9 Å². The van der Waals surface area contributed by atoms with E-state index in [1.165, 1.54) is 186 Å². The van der Waals surface area contributed by atoms with Gasteiger partial charge in [-0.2, -0.15) is 0 Å². The van der Waals surface area contributed by atoms with Gasteiger partial charge in [0.05, 0.1) is 25.2 Å². The molecule has 0 aliphatic rings. The molecule has 0 aliphatic carbocycles. The first-order valence-corrected chi connectivity index (χ1v) is 26.9. The van der Waals surface area contributed by atoms with E-state index in [1.54, 1.807) is 0 Å². The van der Waals surface area contributed by atoms with Gasteiger partial charge >= 0.3 is 5.97 Å². The van der Waals surface area contributed by atoms with Crippen molar-refractivity contribution < 1.29 is 24.5 Å². The molecular weight excluding hydrogens is 743 g/mol. The first-order valence-electron chi connectivity index (χ1n) is 26.9. The number of carbonyl (C=O) groups is 2. The molecule has 0 aromatic carbocycles. The summed E-state index contributed by atoms with van der Waals surface area (Å²) in [6.07, 6.45) is 54.3. The topological polar surface area (TPSA) is 95.9 Å². The molecule has 0 aromatic rings. The second kappa shape index (κ2) is 48.6. The Bertz CT molecular complexity index is 909. The minimum absolute atomic E-state index is 0.0733. The van der Waals surface area contributed by atoms with Crippen LogP contribution in [0.3, 0.4) is 0 Å². The molecule has 0 radical (unpaired) electrons. The molecule has 3 atom stereocenters. The lowest BCUT2D eigenvalue weighted by Crippen LogP contribution is -2.46. The zero-order chi connectivity index (χ0) is 43.8. The Balaban J connectivity index is 4.38. The average molecular weight is 848 g/mol. The van der Waals surface area contributed by atoms with E-state index in [4.69, 9.17) is 4.74 Å². The Hall–Kier alpha value is -1.40. The number of aliphatic hydroxyl groups is 2. The summed E-state index contributed by atoms with van der Waals surface area (Å²) in [6.45, 7) is 6.47. The van der Waals surface area contributed by atoms with E-state index in [0.717, 1.165) is 64.2 Å². The minimum atomic E-state index is -0.785. The van der Waals surface area contributed by atoms with Crippen molar-refractivity contribution in [1.82, 2.24) is 5.32 Å². The predicted octanol–water partition coefficient (Wildman–Crippen LogP) is 16.1. The zero-order valence-electron chi connectivity index (χ0n) is 40.6. The van der Waals surface area contributed by atoms with Crippen molar-refractivity contribution in [2.45, 2.75) is 315 Å². The van der Waals surface area contributed by atoms with Crippen molar-refractivity contribution in [1.29, 1.82) is 0 Å². The quantitative estimate of drug-likeness (QED) is 0.0322. The first-order chi connectivity index (χ1) is 29.5.